The fourth-order valence-electron chi connectivity index (χ4n) is 2.82. The standard InChI is InChI=1S/C17H27N3O/c1-4-11-18-15-9-7-14(8-10-15)17(21)20(3)16-6-5-12-19(2)13-16/h7-10,16,18H,4-6,11-13H2,1-3H3. The minimum Gasteiger partial charge on any atom is -0.385 e. The Morgan fingerprint density at radius 1 is 1.38 bits per heavy atom. The first-order chi connectivity index (χ1) is 10.1. The highest BCUT2D eigenvalue weighted by atomic mass is 16.2. The van der Waals surface area contributed by atoms with Crippen molar-refractivity contribution in [1.29, 1.82) is 0 Å². The number of likely N-dealkylation sites (tertiary alicyclic amines) is 1. The number of carbonyl (C=O) groups is 1. The number of benzene rings is 1. The van der Waals surface area contributed by atoms with E-state index < -0.39 is 0 Å². The van der Waals surface area contributed by atoms with Crippen molar-refractivity contribution < 1.29 is 4.79 Å². The second-order valence-corrected chi connectivity index (χ2v) is 5.98. The largest absolute Gasteiger partial charge is 0.385 e. The van der Waals surface area contributed by atoms with Crippen LogP contribution < -0.4 is 5.32 Å². The van der Waals surface area contributed by atoms with Crippen LogP contribution in [0.2, 0.25) is 0 Å². The van der Waals surface area contributed by atoms with Crippen molar-refractivity contribution in [3.63, 3.8) is 0 Å². The highest BCUT2D eigenvalue weighted by Gasteiger charge is 2.25. The quantitative estimate of drug-likeness (QED) is 0.905. The number of amides is 1. The van der Waals surface area contributed by atoms with Crippen molar-refractivity contribution in [2.45, 2.75) is 32.2 Å². The first-order valence-corrected chi connectivity index (χ1v) is 7.91. The minimum absolute atomic E-state index is 0.123. The molecule has 1 aromatic carbocycles. The maximum absolute atomic E-state index is 12.6. The van der Waals surface area contributed by atoms with Crippen LogP contribution in [-0.2, 0) is 0 Å². The molecule has 1 atom stereocenters. The summed E-state index contributed by atoms with van der Waals surface area (Å²) >= 11 is 0. The van der Waals surface area contributed by atoms with Gasteiger partial charge in [0.05, 0.1) is 0 Å². The van der Waals surface area contributed by atoms with Gasteiger partial charge in [-0.2, -0.15) is 0 Å². The van der Waals surface area contributed by atoms with Crippen molar-refractivity contribution in [3.05, 3.63) is 29.8 Å². The van der Waals surface area contributed by atoms with Gasteiger partial charge in [0.2, 0.25) is 0 Å². The molecule has 0 radical (unpaired) electrons. The third-order valence-corrected chi connectivity index (χ3v) is 4.18. The summed E-state index contributed by atoms with van der Waals surface area (Å²) in [4.78, 5) is 16.8. The van der Waals surface area contributed by atoms with E-state index in [1.54, 1.807) is 0 Å². The van der Waals surface area contributed by atoms with Crippen LogP contribution in [-0.4, -0.2) is 55.5 Å². The molecule has 2 rings (SSSR count). The number of hydrogen-bond acceptors (Lipinski definition) is 3. The minimum atomic E-state index is 0.123. The Hall–Kier alpha value is -1.55. The zero-order valence-electron chi connectivity index (χ0n) is 13.4. The maximum Gasteiger partial charge on any atom is 0.253 e. The number of likely N-dealkylation sites (N-methyl/N-ethyl adjacent to an activating group) is 2. The van der Waals surface area contributed by atoms with Crippen LogP contribution in [0.3, 0.4) is 0 Å². The lowest BCUT2D eigenvalue weighted by molar-refractivity contribution is 0.0644. The second kappa shape index (κ2) is 7.46. The molecule has 0 bridgehead atoms. The molecule has 1 N–H and O–H groups in total. The van der Waals surface area contributed by atoms with Gasteiger partial charge in [-0.3, -0.25) is 4.79 Å². The summed E-state index contributed by atoms with van der Waals surface area (Å²) in [6.45, 7) is 5.21. The van der Waals surface area contributed by atoms with E-state index in [2.05, 4.69) is 24.2 Å². The van der Waals surface area contributed by atoms with Gasteiger partial charge >= 0.3 is 0 Å². The number of anilines is 1. The number of piperidine rings is 1. The third-order valence-electron chi connectivity index (χ3n) is 4.18. The Balaban J connectivity index is 1.98. The first-order valence-electron chi connectivity index (χ1n) is 7.91. The molecule has 0 aliphatic carbocycles. The highest BCUT2D eigenvalue weighted by Crippen LogP contribution is 2.17. The monoisotopic (exact) mass is 289 g/mol. The van der Waals surface area contributed by atoms with Gasteiger partial charge in [0.1, 0.15) is 0 Å². The van der Waals surface area contributed by atoms with Crippen molar-refractivity contribution >= 4 is 11.6 Å². The number of rotatable bonds is 5. The average molecular weight is 289 g/mol. The molecular formula is C17H27N3O. The van der Waals surface area contributed by atoms with Crippen LogP contribution in [0, 0.1) is 0 Å². The van der Waals surface area contributed by atoms with E-state index in [0.29, 0.717) is 6.04 Å². The highest BCUT2D eigenvalue weighted by molar-refractivity contribution is 5.94. The molecule has 0 saturated carbocycles. The summed E-state index contributed by atoms with van der Waals surface area (Å²) in [6, 6.07) is 8.15. The average Bonchev–Trinajstić information content (AvgIpc) is 2.52. The van der Waals surface area contributed by atoms with E-state index in [9.17, 15) is 4.79 Å². The second-order valence-electron chi connectivity index (χ2n) is 5.98. The number of nitrogens with one attached hydrogen (secondary N) is 1. The van der Waals surface area contributed by atoms with Crippen molar-refractivity contribution in [2.24, 2.45) is 0 Å². The predicted molar refractivity (Wildman–Crippen MR) is 87.8 cm³/mol. The van der Waals surface area contributed by atoms with Crippen LogP contribution in [0.5, 0.6) is 0 Å². The summed E-state index contributed by atoms with van der Waals surface area (Å²) in [5, 5.41) is 3.33. The summed E-state index contributed by atoms with van der Waals surface area (Å²) in [7, 11) is 4.05. The van der Waals surface area contributed by atoms with E-state index in [1.807, 2.05) is 36.2 Å². The van der Waals surface area contributed by atoms with Crippen molar-refractivity contribution in [1.82, 2.24) is 9.80 Å². The summed E-state index contributed by atoms with van der Waals surface area (Å²) in [5.74, 6) is 0.123. The Bertz CT molecular complexity index is 458. The van der Waals surface area contributed by atoms with Crippen LogP contribution in [0.15, 0.2) is 24.3 Å². The van der Waals surface area contributed by atoms with Crippen LogP contribution in [0.1, 0.15) is 36.5 Å². The third kappa shape index (κ3) is 4.21. The number of nitrogens with zero attached hydrogens (tertiary/aromatic N) is 2. The Morgan fingerprint density at radius 3 is 2.71 bits per heavy atom. The molecule has 1 heterocycles. The zero-order valence-corrected chi connectivity index (χ0v) is 13.4. The maximum atomic E-state index is 12.6. The molecule has 0 aromatic heterocycles. The zero-order chi connectivity index (χ0) is 15.2. The smallest absolute Gasteiger partial charge is 0.253 e. The van der Waals surface area contributed by atoms with Gasteiger partial charge in [-0.1, -0.05) is 6.92 Å². The molecule has 4 nitrogen and oxygen atoms in total. The van der Waals surface area contributed by atoms with Gasteiger partial charge in [0, 0.05) is 37.4 Å². The lowest BCUT2D eigenvalue weighted by atomic mass is 10.0. The summed E-state index contributed by atoms with van der Waals surface area (Å²) in [5.41, 5.74) is 1.85. The Kier molecular flexibility index (Phi) is 5.62. The van der Waals surface area contributed by atoms with Crippen molar-refractivity contribution in [2.75, 3.05) is 39.0 Å². The van der Waals surface area contributed by atoms with Gasteiger partial charge in [0.25, 0.3) is 5.91 Å². The van der Waals surface area contributed by atoms with Crippen LogP contribution in [0.4, 0.5) is 5.69 Å². The van der Waals surface area contributed by atoms with E-state index in [-0.39, 0.29) is 5.91 Å². The Morgan fingerprint density at radius 2 is 2.10 bits per heavy atom. The lowest BCUT2D eigenvalue weighted by Gasteiger charge is -2.35. The molecular weight excluding hydrogens is 262 g/mol. The number of carbonyl (C=O) groups excluding carboxylic acids is 1. The molecule has 21 heavy (non-hydrogen) atoms. The predicted octanol–water partition coefficient (Wildman–Crippen LogP) is 2.67. The normalized spacial score (nSPS) is 19.3. The topological polar surface area (TPSA) is 35.6 Å². The fourth-order valence-corrected chi connectivity index (χ4v) is 2.82. The molecule has 1 unspecified atom stereocenters. The first kappa shape index (κ1) is 15.8. The number of hydrogen-bond donors (Lipinski definition) is 1. The summed E-state index contributed by atoms with van der Waals surface area (Å²) in [6.07, 6.45) is 3.36. The summed E-state index contributed by atoms with van der Waals surface area (Å²) < 4.78 is 0. The molecule has 1 amide bonds. The van der Waals surface area contributed by atoms with Gasteiger partial charge in [-0.25, -0.2) is 0 Å². The molecule has 1 aliphatic rings. The SMILES string of the molecule is CCCNc1ccc(C(=O)N(C)C2CCCN(C)C2)cc1. The Labute approximate surface area is 128 Å². The van der Waals surface area contributed by atoms with Gasteiger partial charge in [0.15, 0.2) is 0 Å². The molecule has 1 saturated heterocycles. The van der Waals surface area contributed by atoms with Gasteiger partial charge < -0.3 is 15.1 Å². The van der Waals surface area contributed by atoms with Gasteiger partial charge in [-0.05, 0) is 57.1 Å². The van der Waals surface area contributed by atoms with Crippen LogP contribution >= 0.6 is 0 Å². The molecule has 1 aliphatic heterocycles. The van der Waals surface area contributed by atoms with Gasteiger partial charge in [-0.15, -0.1) is 0 Å². The molecule has 1 fully saturated rings. The van der Waals surface area contributed by atoms with E-state index >= 15 is 0 Å². The fraction of sp³-hybridized carbons (Fsp3) is 0.588. The van der Waals surface area contributed by atoms with E-state index in [1.165, 1.54) is 6.42 Å². The lowest BCUT2D eigenvalue weighted by Crippen LogP contribution is -2.47. The molecule has 116 valence electrons. The van der Waals surface area contributed by atoms with Crippen LogP contribution in [0.25, 0.3) is 0 Å². The van der Waals surface area contributed by atoms with Crippen molar-refractivity contribution in [3.8, 4) is 0 Å². The molecule has 1 aromatic rings. The van der Waals surface area contributed by atoms with E-state index in [0.717, 1.165) is 43.7 Å². The molecule has 4 heteroatoms. The molecule has 0 spiro atoms. The van der Waals surface area contributed by atoms with E-state index in [4.69, 9.17) is 0 Å².